The van der Waals surface area contributed by atoms with Crippen molar-refractivity contribution in [2.45, 2.75) is 19.3 Å². The molecule has 1 amide bonds. The van der Waals surface area contributed by atoms with Crippen LogP contribution in [0, 0.1) is 0 Å². The highest BCUT2D eigenvalue weighted by Crippen LogP contribution is 2.08. The van der Waals surface area contributed by atoms with Crippen LogP contribution in [-0.2, 0) is 17.6 Å². The third-order valence-corrected chi connectivity index (χ3v) is 3.78. The van der Waals surface area contributed by atoms with Crippen LogP contribution in [0.2, 0.25) is 0 Å². The van der Waals surface area contributed by atoms with Crippen molar-refractivity contribution in [2.24, 2.45) is 0 Å². The minimum Gasteiger partial charge on any atom is -0.478 e. The zero-order chi connectivity index (χ0) is 16.7. The van der Waals surface area contributed by atoms with Crippen LogP contribution in [0.15, 0.2) is 54.6 Å². The van der Waals surface area contributed by atoms with E-state index in [0.29, 0.717) is 13.0 Å². The smallest absolute Gasteiger partial charge is 0.335 e. The van der Waals surface area contributed by atoms with Gasteiger partial charge in [-0.25, -0.2) is 4.79 Å². The molecule has 0 spiro atoms. The molecule has 0 aliphatic carbocycles. The summed E-state index contributed by atoms with van der Waals surface area (Å²) in [5.74, 6) is -0.915. The van der Waals surface area contributed by atoms with E-state index in [9.17, 15) is 9.59 Å². The van der Waals surface area contributed by atoms with Gasteiger partial charge in [-0.2, -0.15) is 0 Å². The van der Waals surface area contributed by atoms with E-state index in [1.807, 2.05) is 18.2 Å². The molecule has 0 atom stereocenters. The Balaban J connectivity index is 1.79. The second-order valence-electron chi connectivity index (χ2n) is 5.58. The fourth-order valence-corrected chi connectivity index (χ4v) is 2.36. The van der Waals surface area contributed by atoms with Gasteiger partial charge in [-0.1, -0.05) is 42.5 Å². The van der Waals surface area contributed by atoms with Gasteiger partial charge in [0.2, 0.25) is 5.91 Å². The first-order chi connectivity index (χ1) is 11.1. The first kappa shape index (κ1) is 16.7. The van der Waals surface area contributed by atoms with Gasteiger partial charge in [0.15, 0.2) is 0 Å². The van der Waals surface area contributed by atoms with Crippen molar-refractivity contribution in [3.05, 3.63) is 71.3 Å². The minimum atomic E-state index is -0.957. The van der Waals surface area contributed by atoms with Gasteiger partial charge >= 0.3 is 5.97 Å². The quantitative estimate of drug-likeness (QED) is 0.855. The molecule has 0 saturated carbocycles. The van der Waals surface area contributed by atoms with E-state index in [-0.39, 0.29) is 11.5 Å². The summed E-state index contributed by atoms with van der Waals surface area (Å²) in [6.45, 7) is 0.709. The van der Waals surface area contributed by atoms with Gasteiger partial charge in [-0.15, -0.1) is 0 Å². The van der Waals surface area contributed by atoms with Crippen molar-refractivity contribution >= 4 is 11.9 Å². The molecular weight excluding hydrogens is 290 g/mol. The molecule has 120 valence electrons. The summed E-state index contributed by atoms with van der Waals surface area (Å²) in [4.78, 5) is 24.7. The van der Waals surface area contributed by atoms with Gasteiger partial charge in [0.05, 0.1) is 12.0 Å². The van der Waals surface area contributed by atoms with Crippen molar-refractivity contribution < 1.29 is 14.7 Å². The standard InChI is InChI=1S/C19H21NO3/c1-20(13-5-8-15-6-3-2-4-7-15)18(21)14-16-9-11-17(12-10-16)19(22)23/h2-4,6-7,9-12H,5,8,13-14H2,1H3,(H,22,23). The number of aromatic carboxylic acids is 1. The van der Waals surface area contributed by atoms with Crippen LogP contribution in [0.25, 0.3) is 0 Å². The van der Waals surface area contributed by atoms with Crippen LogP contribution in [0.5, 0.6) is 0 Å². The summed E-state index contributed by atoms with van der Waals surface area (Å²) in [6.07, 6.45) is 2.16. The molecule has 0 fully saturated rings. The average molecular weight is 311 g/mol. The SMILES string of the molecule is CN(CCCc1ccccc1)C(=O)Cc1ccc(C(=O)O)cc1. The third-order valence-electron chi connectivity index (χ3n) is 3.78. The number of aryl methyl sites for hydroxylation is 1. The number of carboxylic acid groups (broad SMARTS) is 1. The number of likely N-dealkylation sites (N-methyl/N-ethyl adjacent to an activating group) is 1. The Hall–Kier alpha value is -2.62. The lowest BCUT2D eigenvalue weighted by molar-refractivity contribution is -0.129. The van der Waals surface area contributed by atoms with Gasteiger partial charge in [-0.05, 0) is 36.1 Å². The number of amides is 1. The zero-order valence-corrected chi connectivity index (χ0v) is 13.2. The Labute approximate surface area is 136 Å². The highest BCUT2D eigenvalue weighted by Gasteiger charge is 2.10. The van der Waals surface area contributed by atoms with E-state index in [1.165, 1.54) is 17.7 Å². The first-order valence-electron chi connectivity index (χ1n) is 7.66. The molecule has 0 heterocycles. The monoisotopic (exact) mass is 311 g/mol. The van der Waals surface area contributed by atoms with Gasteiger partial charge in [0.1, 0.15) is 0 Å². The molecule has 0 aliphatic rings. The molecule has 0 bridgehead atoms. The van der Waals surface area contributed by atoms with E-state index in [0.717, 1.165) is 18.4 Å². The second kappa shape index (κ2) is 8.13. The third kappa shape index (κ3) is 5.25. The summed E-state index contributed by atoms with van der Waals surface area (Å²) >= 11 is 0. The van der Waals surface area contributed by atoms with Crippen molar-refractivity contribution in [2.75, 3.05) is 13.6 Å². The lowest BCUT2D eigenvalue weighted by atomic mass is 10.1. The molecule has 0 radical (unpaired) electrons. The highest BCUT2D eigenvalue weighted by atomic mass is 16.4. The summed E-state index contributed by atoms with van der Waals surface area (Å²) in [7, 11) is 1.80. The molecule has 2 aromatic rings. The lowest BCUT2D eigenvalue weighted by Crippen LogP contribution is -2.29. The van der Waals surface area contributed by atoms with E-state index >= 15 is 0 Å². The normalized spacial score (nSPS) is 10.3. The number of carbonyl (C=O) groups excluding carboxylic acids is 1. The van der Waals surface area contributed by atoms with E-state index < -0.39 is 5.97 Å². The average Bonchev–Trinajstić information content (AvgIpc) is 2.56. The molecule has 0 saturated heterocycles. The Morgan fingerprint density at radius 2 is 1.61 bits per heavy atom. The molecule has 0 unspecified atom stereocenters. The summed E-state index contributed by atoms with van der Waals surface area (Å²) in [6, 6.07) is 16.7. The second-order valence-corrected chi connectivity index (χ2v) is 5.58. The Kier molecular flexibility index (Phi) is 5.92. The van der Waals surface area contributed by atoms with Gasteiger partial charge < -0.3 is 10.0 Å². The number of rotatable bonds is 7. The maximum atomic E-state index is 12.2. The summed E-state index contributed by atoms with van der Waals surface area (Å²) < 4.78 is 0. The minimum absolute atomic E-state index is 0.0427. The number of nitrogens with zero attached hydrogens (tertiary/aromatic N) is 1. The van der Waals surface area contributed by atoms with Crippen LogP contribution >= 0.6 is 0 Å². The fourth-order valence-electron chi connectivity index (χ4n) is 2.36. The molecule has 2 rings (SSSR count). The first-order valence-corrected chi connectivity index (χ1v) is 7.66. The Morgan fingerprint density at radius 3 is 2.22 bits per heavy atom. The molecule has 0 aromatic heterocycles. The van der Waals surface area contributed by atoms with Gasteiger partial charge in [0.25, 0.3) is 0 Å². The Bertz CT molecular complexity index is 650. The number of hydrogen-bond acceptors (Lipinski definition) is 2. The van der Waals surface area contributed by atoms with Gasteiger partial charge in [-0.3, -0.25) is 4.79 Å². The fraction of sp³-hybridized carbons (Fsp3) is 0.263. The molecule has 0 aliphatic heterocycles. The maximum absolute atomic E-state index is 12.2. The molecule has 4 nitrogen and oxygen atoms in total. The van der Waals surface area contributed by atoms with Crippen molar-refractivity contribution in [3.63, 3.8) is 0 Å². The number of benzene rings is 2. The summed E-state index contributed by atoms with van der Waals surface area (Å²) in [5, 5.41) is 8.86. The largest absolute Gasteiger partial charge is 0.478 e. The molecule has 1 N–H and O–H groups in total. The predicted octanol–water partition coefficient (Wildman–Crippen LogP) is 3.02. The number of carboxylic acids is 1. The molecule has 23 heavy (non-hydrogen) atoms. The lowest BCUT2D eigenvalue weighted by Gasteiger charge is -2.17. The van der Waals surface area contributed by atoms with Crippen LogP contribution < -0.4 is 0 Å². The van der Waals surface area contributed by atoms with Crippen molar-refractivity contribution in [3.8, 4) is 0 Å². The number of carbonyl (C=O) groups is 2. The number of hydrogen-bond donors (Lipinski definition) is 1. The van der Waals surface area contributed by atoms with Crippen LogP contribution in [0.1, 0.15) is 27.9 Å². The summed E-state index contributed by atoms with van der Waals surface area (Å²) in [5.41, 5.74) is 2.34. The van der Waals surface area contributed by atoms with E-state index in [2.05, 4.69) is 12.1 Å². The predicted molar refractivity (Wildman–Crippen MR) is 89.5 cm³/mol. The topological polar surface area (TPSA) is 57.6 Å². The van der Waals surface area contributed by atoms with Crippen molar-refractivity contribution in [1.82, 2.24) is 4.90 Å². The zero-order valence-electron chi connectivity index (χ0n) is 13.2. The molecule has 4 heteroatoms. The van der Waals surface area contributed by atoms with Crippen LogP contribution in [-0.4, -0.2) is 35.5 Å². The van der Waals surface area contributed by atoms with Gasteiger partial charge in [0, 0.05) is 13.6 Å². The van der Waals surface area contributed by atoms with Crippen LogP contribution in [0.4, 0.5) is 0 Å². The van der Waals surface area contributed by atoms with E-state index in [1.54, 1.807) is 24.1 Å². The van der Waals surface area contributed by atoms with Crippen molar-refractivity contribution in [1.29, 1.82) is 0 Å². The Morgan fingerprint density at radius 1 is 0.957 bits per heavy atom. The molecular formula is C19H21NO3. The van der Waals surface area contributed by atoms with Crippen LogP contribution in [0.3, 0.4) is 0 Å². The highest BCUT2D eigenvalue weighted by molar-refractivity contribution is 5.87. The molecule has 2 aromatic carbocycles. The van der Waals surface area contributed by atoms with E-state index in [4.69, 9.17) is 5.11 Å². The maximum Gasteiger partial charge on any atom is 0.335 e.